The summed E-state index contributed by atoms with van der Waals surface area (Å²) in [5, 5.41) is 5.48. The maximum Gasteiger partial charge on any atom is 0.221 e. The molecule has 8 nitrogen and oxygen atoms in total. The molecule has 1 saturated heterocycles. The van der Waals surface area contributed by atoms with E-state index in [-0.39, 0.29) is 29.2 Å². The summed E-state index contributed by atoms with van der Waals surface area (Å²) >= 11 is 0. The topological polar surface area (TPSA) is 112 Å². The highest BCUT2D eigenvalue weighted by Crippen LogP contribution is 2.26. The molecule has 3 aromatic rings. The van der Waals surface area contributed by atoms with E-state index < -0.39 is 9.84 Å². The number of amides is 1. The summed E-state index contributed by atoms with van der Waals surface area (Å²) in [5.41, 5.74) is 1.93. The number of nitrogens with one attached hydrogen (secondary N) is 2. The summed E-state index contributed by atoms with van der Waals surface area (Å²) in [6.07, 6.45) is 6.66. The molecule has 0 aliphatic carbocycles. The quantitative estimate of drug-likeness (QED) is 0.311. The van der Waals surface area contributed by atoms with E-state index >= 15 is 0 Å². The molecule has 2 heterocycles. The van der Waals surface area contributed by atoms with Crippen LogP contribution in [0.2, 0.25) is 0 Å². The third kappa shape index (κ3) is 7.98. The van der Waals surface area contributed by atoms with Crippen molar-refractivity contribution in [3.05, 3.63) is 54.5 Å². The number of nitrogens with zero attached hydrogens (tertiary/aromatic N) is 2. The van der Waals surface area contributed by atoms with Crippen molar-refractivity contribution < 1.29 is 18.0 Å². The Bertz CT molecular complexity index is 1340. The number of aromatic amines is 1. The number of H-pyrrole nitrogens is 1. The van der Waals surface area contributed by atoms with Gasteiger partial charge in [0.25, 0.3) is 0 Å². The summed E-state index contributed by atoms with van der Waals surface area (Å²) in [6, 6.07) is 14.2. The molecule has 0 unspecified atom stereocenters. The van der Waals surface area contributed by atoms with Crippen molar-refractivity contribution in [1.29, 1.82) is 0 Å². The minimum Gasteiger partial charge on any atom is -0.346 e. The van der Waals surface area contributed by atoms with Crippen LogP contribution in [0.25, 0.3) is 22.0 Å². The zero-order valence-electron chi connectivity index (χ0n) is 22.1. The van der Waals surface area contributed by atoms with Crippen LogP contribution in [-0.4, -0.2) is 66.1 Å². The second kappa shape index (κ2) is 13.2. The molecular weight excluding hydrogens is 500 g/mol. The number of benzene rings is 2. The predicted molar refractivity (Wildman–Crippen MR) is 151 cm³/mol. The summed E-state index contributed by atoms with van der Waals surface area (Å²) in [7, 11) is -2.94. The molecule has 0 radical (unpaired) electrons. The summed E-state index contributed by atoms with van der Waals surface area (Å²) in [4.78, 5) is 34.6. The first-order valence-corrected chi connectivity index (χ1v) is 15.4. The SMILES string of the molecule is CCC(=O)CCCCC[C@H](NC(=O)CCN1CCS(=O)(=O)CC1)c1ncc(-c2ccc3ccccc3c2)[nH]1. The molecule has 9 heteroatoms. The first kappa shape index (κ1) is 28.0. The fraction of sp³-hybridized carbons (Fsp3) is 0.483. The van der Waals surface area contributed by atoms with Crippen LogP contribution in [0.5, 0.6) is 0 Å². The highest BCUT2D eigenvalue weighted by Gasteiger charge is 2.23. The number of hydrogen-bond donors (Lipinski definition) is 2. The molecule has 1 aliphatic rings. The summed E-state index contributed by atoms with van der Waals surface area (Å²) < 4.78 is 23.3. The van der Waals surface area contributed by atoms with Crippen LogP contribution in [0.1, 0.15) is 63.7 Å². The standard InChI is InChI=1S/C29H38N4O4S/c1-2-25(34)10-4-3-5-11-26(31-28(35)14-15-33-16-18-38(36,37)19-17-33)29-30-21-27(32-29)24-13-12-22-8-6-7-9-23(22)20-24/h6-9,12-13,20-21,26H,2-5,10-11,14-19H2,1H3,(H,30,32)(H,31,35)/t26-/m0/s1. The molecule has 0 spiro atoms. The van der Waals surface area contributed by atoms with E-state index in [1.807, 2.05) is 30.2 Å². The molecule has 1 aromatic heterocycles. The molecule has 4 rings (SSSR count). The number of carbonyl (C=O) groups is 2. The molecule has 0 saturated carbocycles. The van der Waals surface area contributed by atoms with Gasteiger partial charge in [-0.25, -0.2) is 13.4 Å². The Morgan fingerprint density at radius 1 is 1.03 bits per heavy atom. The maximum absolute atomic E-state index is 12.9. The second-order valence-corrected chi connectivity index (χ2v) is 12.4. The molecular formula is C29H38N4O4S. The molecule has 1 aliphatic heterocycles. The van der Waals surface area contributed by atoms with Crippen molar-refractivity contribution in [3.63, 3.8) is 0 Å². The van der Waals surface area contributed by atoms with E-state index in [2.05, 4.69) is 45.6 Å². The maximum atomic E-state index is 12.9. The van der Waals surface area contributed by atoms with Gasteiger partial charge in [0.15, 0.2) is 9.84 Å². The molecule has 1 amide bonds. The average molecular weight is 539 g/mol. The molecule has 38 heavy (non-hydrogen) atoms. The summed E-state index contributed by atoms with van der Waals surface area (Å²) in [5.74, 6) is 1.23. The third-order valence-electron chi connectivity index (χ3n) is 7.26. The zero-order valence-corrected chi connectivity index (χ0v) is 22.9. The van der Waals surface area contributed by atoms with Crippen LogP contribution in [0.15, 0.2) is 48.7 Å². The molecule has 204 valence electrons. The minimum absolute atomic E-state index is 0.0757. The number of carbonyl (C=O) groups excluding carboxylic acids is 2. The van der Waals surface area contributed by atoms with Crippen LogP contribution < -0.4 is 5.32 Å². The van der Waals surface area contributed by atoms with E-state index in [1.165, 1.54) is 5.39 Å². The Morgan fingerprint density at radius 2 is 1.79 bits per heavy atom. The summed E-state index contributed by atoms with van der Waals surface area (Å²) in [6.45, 7) is 3.38. The van der Waals surface area contributed by atoms with Crippen LogP contribution in [0.4, 0.5) is 0 Å². The van der Waals surface area contributed by atoms with Gasteiger partial charge in [-0.05, 0) is 29.7 Å². The zero-order chi connectivity index (χ0) is 27.0. The van der Waals surface area contributed by atoms with Gasteiger partial charge >= 0.3 is 0 Å². The number of imidazole rings is 1. The van der Waals surface area contributed by atoms with Crippen LogP contribution >= 0.6 is 0 Å². The van der Waals surface area contributed by atoms with E-state index in [0.29, 0.717) is 38.9 Å². The molecule has 0 bridgehead atoms. The number of unbranched alkanes of at least 4 members (excludes halogenated alkanes) is 2. The van der Waals surface area contributed by atoms with Crippen LogP contribution in [0, 0.1) is 0 Å². The number of hydrogen-bond acceptors (Lipinski definition) is 6. The second-order valence-electron chi connectivity index (χ2n) is 10.1. The van der Waals surface area contributed by atoms with Crippen LogP contribution in [-0.2, 0) is 19.4 Å². The van der Waals surface area contributed by atoms with Gasteiger partial charge in [-0.3, -0.25) is 9.59 Å². The number of aromatic nitrogens is 2. The van der Waals surface area contributed by atoms with Gasteiger partial charge < -0.3 is 15.2 Å². The average Bonchev–Trinajstić information content (AvgIpc) is 3.41. The largest absolute Gasteiger partial charge is 0.346 e. The smallest absolute Gasteiger partial charge is 0.221 e. The fourth-order valence-electron chi connectivity index (χ4n) is 4.82. The minimum atomic E-state index is -2.94. The van der Waals surface area contributed by atoms with Gasteiger partial charge in [0.2, 0.25) is 5.91 Å². The highest BCUT2D eigenvalue weighted by atomic mass is 32.2. The van der Waals surface area contributed by atoms with Crippen molar-refractivity contribution in [2.24, 2.45) is 0 Å². The van der Waals surface area contributed by atoms with Crippen molar-refractivity contribution in [1.82, 2.24) is 20.2 Å². The lowest BCUT2D eigenvalue weighted by Crippen LogP contribution is -2.42. The van der Waals surface area contributed by atoms with Gasteiger partial charge in [-0.15, -0.1) is 0 Å². The lowest BCUT2D eigenvalue weighted by Gasteiger charge is -2.26. The van der Waals surface area contributed by atoms with E-state index in [1.54, 1.807) is 0 Å². The van der Waals surface area contributed by atoms with E-state index in [9.17, 15) is 18.0 Å². The number of Topliss-reactive ketones (excluding diaryl/α,β-unsaturated/α-hetero) is 1. The predicted octanol–water partition coefficient (Wildman–Crippen LogP) is 4.44. The van der Waals surface area contributed by atoms with E-state index in [0.717, 1.165) is 48.2 Å². The molecule has 1 atom stereocenters. The van der Waals surface area contributed by atoms with E-state index in [4.69, 9.17) is 0 Å². The van der Waals surface area contributed by atoms with Crippen molar-refractivity contribution in [2.75, 3.05) is 31.1 Å². The fourth-order valence-corrected chi connectivity index (χ4v) is 6.10. The van der Waals surface area contributed by atoms with Gasteiger partial charge in [0.1, 0.15) is 11.6 Å². The first-order chi connectivity index (χ1) is 18.3. The number of sulfone groups is 1. The Labute approximate surface area is 225 Å². The van der Waals surface area contributed by atoms with Gasteiger partial charge in [0, 0.05) is 44.5 Å². The lowest BCUT2D eigenvalue weighted by atomic mass is 10.0. The van der Waals surface area contributed by atoms with Crippen molar-refractivity contribution >= 4 is 32.3 Å². The van der Waals surface area contributed by atoms with Crippen molar-refractivity contribution in [3.8, 4) is 11.3 Å². The van der Waals surface area contributed by atoms with Gasteiger partial charge in [-0.1, -0.05) is 56.2 Å². The lowest BCUT2D eigenvalue weighted by molar-refractivity contribution is -0.122. The van der Waals surface area contributed by atoms with Crippen LogP contribution in [0.3, 0.4) is 0 Å². The number of rotatable bonds is 13. The number of fused-ring (bicyclic) bond motifs is 1. The monoisotopic (exact) mass is 538 g/mol. The third-order valence-corrected chi connectivity index (χ3v) is 8.87. The molecule has 1 fully saturated rings. The Balaban J connectivity index is 1.39. The number of ketones is 1. The Kier molecular flexibility index (Phi) is 9.69. The Hall–Kier alpha value is -3.04. The molecule has 2 N–H and O–H groups in total. The Morgan fingerprint density at radius 3 is 2.55 bits per heavy atom. The van der Waals surface area contributed by atoms with Gasteiger partial charge in [0.05, 0.1) is 29.4 Å². The van der Waals surface area contributed by atoms with Gasteiger partial charge in [-0.2, -0.15) is 0 Å². The normalized spacial score (nSPS) is 16.3. The first-order valence-electron chi connectivity index (χ1n) is 13.6. The highest BCUT2D eigenvalue weighted by molar-refractivity contribution is 7.91. The molecule has 2 aromatic carbocycles. The van der Waals surface area contributed by atoms with Crippen molar-refractivity contribution in [2.45, 2.75) is 57.9 Å².